The van der Waals surface area contributed by atoms with Gasteiger partial charge in [0.15, 0.2) is 0 Å². The first-order valence-electron chi connectivity index (χ1n) is 6.42. The van der Waals surface area contributed by atoms with Gasteiger partial charge >= 0.3 is 0 Å². The van der Waals surface area contributed by atoms with Crippen molar-refractivity contribution in [2.45, 2.75) is 6.61 Å². The second kappa shape index (κ2) is 7.81. The second-order valence-corrected chi connectivity index (χ2v) is 4.24. The van der Waals surface area contributed by atoms with E-state index in [9.17, 15) is 4.79 Å². The summed E-state index contributed by atoms with van der Waals surface area (Å²) < 4.78 is 0. The zero-order valence-electron chi connectivity index (χ0n) is 11.7. The van der Waals surface area contributed by atoms with Crippen LogP contribution in [0.3, 0.4) is 0 Å². The van der Waals surface area contributed by atoms with Crippen LogP contribution >= 0.6 is 0 Å². The topological polar surface area (TPSA) is 59.9 Å². The molecule has 5 heteroatoms. The van der Waals surface area contributed by atoms with Crippen molar-refractivity contribution in [2.24, 2.45) is 5.16 Å². The lowest BCUT2D eigenvalue weighted by molar-refractivity contribution is 0.0233. The van der Waals surface area contributed by atoms with E-state index in [1.54, 1.807) is 30.5 Å². The van der Waals surface area contributed by atoms with Crippen LogP contribution < -0.4 is 5.48 Å². The quantitative estimate of drug-likeness (QED) is 0.655. The van der Waals surface area contributed by atoms with Crippen LogP contribution in [-0.2, 0) is 16.3 Å². The van der Waals surface area contributed by atoms with Gasteiger partial charge in [-0.3, -0.25) is 9.63 Å². The molecule has 0 atom stereocenters. The van der Waals surface area contributed by atoms with Crippen molar-refractivity contribution in [1.29, 1.82) is 0 Å². The van der Waals surface area contributed by atoms with Gasteiger partial charge in [-0.2, -0.15) is 0 Å². The van der Waals surface area contributed by atoms with Gasteiger partial charge < -0.3 is 4.84 Å². The SMILES string of the molecule is CO/N=C/c1ccc(C(=O)NOCc2ccccc2)cc1. The van der Waals surface area contributed by atoms with E-state index in [1.165, 1.54) is 7.11 Å². The Labute approximate surface area is 123 Å². The molecule has 0 aliphatic heterocycles. The van der Waals surface area contributed by atoms with Crippen molar-refractivity contribution < 1.29 is 14.5 Å². The van der Waals surface area contributed by atoms with Crippen LogP contribution in [0, 0.1) is 0 Å². The third-order valence-corrected chi connectivity index (χ3v) is 2.73. The van der Waals surface area contributed by atoms with Gasteiger partial charge in [0, 0.05) is 5.56 Å². The lowest BCUT2D eigenvalue weighted by atomic mass is 10.1. The highest BCUT2D eigenvalue weighted by Gasteiger charge is 2.05. The molecule has 0 saturated carbocycles. The van der Waals surface area contributed by atoms with Crippen molar-refractivity contribution in [1.82, 2.24) is 5.48 Å². The Balaban J connectivity index is 1.84. The number of carbonyl (C=O) groups excluding carboxylic acids is 1. The molecule has 0 aliphatic carbocycles. The summed E-state index contributed by atoms with van der Waals surface area (Å²) in [6.45, 7) is 0.325. The van der Waals surface area contributed by atoms with Crippen LogP contribution in [0.5, 0.6) is 0 Å². The molecule has 0 heterocycles. The lowest BCUT2D eigenvalue weighted by Crippen LogP contribution is -2.23. The third-order valence-electron chi connectivity index (χ3n) is 2.73. The average Bonchev–Trinajstić information content (AvgIpc) is 2.54. The van der Waals surface area contributed by atoms with Crippen LogP contribution in [0.2, 0.25) is 0 Å². The first-order valence-corrected chi connectivity index (χ1v) is 6.42. The molecule has 0 spiro atoms. The molecular weight excluding hydrogens is 268 g/mol. The molecule has 0 aromatic heterocycles. The van der Waals surface area contributed by atoms with Crippen molar-refractivity contribution in [3.05, 3.63) is 71.3 Å². The highest BCUT2D eigenvalue weighted by Crippen LogP contribution is 2.04. The zero-order valence-corrected chi connectivity index (χ0v) is 11.7. The highest BCUT2D eigenvalue weighted by molar-refractivity contribution is 5.94. The Morgan fingerprint density at radius 3 is 2.52 bits per heavy atom. The molecule has 1 N–H and O–H groups in total. The summed E-state index contributed by atoms with van der Waals surface area (Å²) in [5.41, 5.74) is 4.76. The molecule has 21 heavy (non-hydrogen) atoms. The Kier molecular flexibility index (Phi) is 5.49. The average molecular weight is 284 g/mol. The van der Waals surface area contributed by atoms with Gasteiger partial charge in [-0.1, -0.05) is 47.6 Å². The summed E-state index contributed by atoms with van der Waals surface area (Å²) in [5, 5.41) is 3.65. The van der Waals surface area contributed by atoms with Gasteiger partial charge in [0.1, 0.15) is 7.11 Å². The zero-order chi connectivity index (χ0) is 14.9. The molecular formula is C16H16N2O3. The number of nitrogens with zero attached hydrogens (tertiary/aromatic N) is 1. The minimum absolute atomic E-state index is 0.291. The fourth-order valence-electron chi connectivity index (χ4n) is 1.65. The van der Waals surface area contributed by atoms with Gasteiger partial charge in [0.2, 0.25) is 0 Å². The van der Waals surface area contributed by atoms with E-state index in [0.717, 1.165) is 11.1 Å². The Bertz CT molecular complexity index is 595. The normalized spacial score (nSPS) is 10.5. The fourth-order valence-corrected chi connectivity index (χ4v) is 1.65. The minimum atomic E-state index is -0.291. The molecule has 5 nitrogen and oxygen atoms in total. The van der Waals surface area contributed by atoms with E-state index < -0.39 is 0 Å². The molecule has 0 radical (unpaired) electrons. The van der Waals surface area contributed by atoms with Crippen molar-refractivity contribution in [3.63, 3.8) is 0 Å². The summed E-state index contributed by atoms with van der Waals surface area (Å²) in [6, 6.07) is 16.5. The number of oxime groups is 1. The van der Waals surface area contributed by atoms with Crippen molar-refractivity contribution in [2.75, 3.05) is 7.11 Å². The van der Waals surface area contributed by atoms with Gasteiger partial charge in [0.25, 0.3) is 5.91 Å². The number of hydrogen-bond acceptors (Lipinski definition) is 4. The Morgan fingerprint density at radius 1 is 1.14 bits per heavy atom. The molecule has 2 rings (SSSR count). The number of nitrogens with one attached hydrogen (secondary N) is 1. The predicted molar refractivity (Wildman–Crippen MR) is 79.7 cm³/mol. The summed E-state index contributed by atoms with van der Waals surface area (Å²) in [6.07, 6.45) is 1.56. The maximum atomic E-state index is 11.9. The molecule has 0 fully saturated rings. The van der Waals surface area contributed by atoms with E-state index in [1.807, 2.05) is 30.3 Å². The number of hydroxylamine groups is 1. The van der Waals surface area contributed by atoms with Gasteiger partial charge in [-0.25, -0.2) is 5.48 Å². The van der Waals surface area contributed by atoms with E-state index in [4.69, 9.17) is 4.84 Å². The van der Waals surface area contributed by atoms with Crippen LogP contribution in [0.1, 0.15) is 21.5 Å². The van der Waals surface area contributed by atoms with Gasteiger partial charge in [0.05, 0.1) is 12.8 Å². The van der Waals surface area contributed by atoms with Gasteiger partial charge in [-0.15, -0.1) is 0 Å². The molecule has 1 amide bonds. The fraction of sp³-hybridized carbons (Fsp3) is 0.125. The Morgan fingerprint density at radius 2 is 1.86 bits per heavy atom. The predicted octanol–water partition coefficient (Wildman–Crippen LogP) is 2.53. The molecule has 0 unspecified atom stereocenters. The summed E-state index contributed by atoms with van der Waals surface area (Å²) in [4.78, 5) is 21.6. The molecule has 0 aliphatic rings. The van der Waals surface area contributed by atoms with Gasteiger partial charge in [-0.05, 0) is 23.3 Å². The smallest absolute Gasteiger partial charge is 0.274 e. The Hall–Kier alpha value is -2.66. The standard InChI is InChI=1S/C16H16N2O3/c1-20-17-11-13-7-9-15(10-8-13)16(19)18-21-12-14-5-3-2-4-6-14/h2-11H,12H2,1H3,(H,18,19)/b17-11+. The monoisotopic (exact) mass is 284 g/mol. The number of carbonyl (C=O) groups is 1. The number of benzene rings is 2. The lowest BCUT2D eigenvalue weighted by Gasteiger charge is -2.06. The molecule has 108 valence electrons. The van der Waals surface area contributed by atoms with E-state index in [2.05, 4.69) is 15.5 Å². The molecule has 2 aromatic rings. The van der Waals surface area contributed by atoms with Crippen molar-refractivity contribution in [3.8, 4) is 0 Å². The maximum Gasteiger partial charge on any atom is 0.274 e. The number of amides is 1. The van der Waals surface area contributed by atoms with Crippen LogP contribution in [0.4, 0.5) is 0 Å². The van der Waals surface area contributed by atoms with Crippen molar-refractivity contribution >= 4 is 12.1 Å². The molecule has 2 aromatic carbocycles. The largest absolute Gasteiger partial charge is 0.399 e. The van der Waals surface area contributed by atoms with Crippen LogP contribution in [0.15, 0.2) is 59.8 Å². The molecule has 0 bridgehead atoms. The van der Waals surface area contributed by atoms with E-state index >= 15 is 0 Å². The van der Waals surface area contributed by atoms with E-state index in [0.29, 0.717) is 12.2 Å². The summed E-state index contributed by atoms with van der Waals surface area (Å²) in [7, 11) is 1.47. The van der Waals surface area contributed by atoms with Crippen LogP contribution in [-0.4, -0.2) is 19.2 Å². The maximum absolute atomic E-state index is 11.9. The number of rotatable bonds is 6. The molecule has 0 saturated heterocycles. The van der Waals surface area contributed by atoms with Crippen LogP contribution in [0.25, 0.3) is 0 Å². The number of hydrogen-bond donors (Lipinski definition) is 1. The first kappa shape index (κ1) is 14.7. The highest BCUT2D eigenvalue weighted by atomic mass is 16.6. The summed E-state index contributed by atoms with van der Waals surface area (Å²) >= 11 is 0. The first-order chi connectivity index (χ1) is 10.3. The van der Waals surface area contributed by atoms with E-state index in [-0.39, 0.29) is 5.91 Å². The summed E-state index contributed by atoms with van der Waals surface area (Å²) in [5.74, 6) is -0.291. The minimum Gasteiger partial charge on any atom is -0.399 e. The second-order valence-electron chi connectivity index (χ2n) is 4.24. The third kappa shape index (κ3) is 4.74.